The molecule has 1 aromatic carbocycles. The van der Waals surface area contributed by atoms with E-state index in [1.807, 2.05) is 6.92 Å². The Morgan fingerprint density at radius 3 is 2.82 bits per heavy atom. The molecule has 0 unspecified atom stereocenters. The quantitative estimate of drug-likeness (QED) is 0.741. The van der Waals surface area contributed by atoms with Crippen molar-refractivity contribution in [3.8, 4) is 0 Å². The second-order valence-electron chi connectivity index (χ2n) is 4.79. The van der Waals surface area contributed by atoms with Crippen LogP contribution in [0.4, 0.5) is 13.2 Å². The topological polar surface area (TPSA) is 69.6 Å². The minimum Gasteiger partial charge on any atom is -0.439 e. The lowest BCUT2D eigenvalue weighted by Gasteiger charge is -2.04. The van der Waals surface area contributed by atoms with Crippen molar-refractivity contribution in [2.75, 3.05) is 0 Å². The van der Waals surface area contributed by atoms with E-state index in [1.54, 1.807) is 0 Å². The molecule has 0 fully saturated rings. The summed E-state index contributed by atoms with van der Waals surface area (Å²) in [5, 5.41) is 11.3. The van der Waals surface area contributed by atoms with Crippen LogP contribution in [0.5, 0.6) is 0 Å². The van der Waals surface area contributed by atoms with Crippen molar-refractivity contribution in [3.63, 3.8) is 0 Å². The van der Waals surface area contributed by atoms with Crippen molar-refractivity contribution >= 4 is 11.1 Å². The molecule has 3 aromatic rings. The molecular formula is C13H12F3N5O. The van der Waals surface area contributed by atoms with Crippen LogP contribution in [0.15, 0.2) is 22.6 Å². The number of aryl methyl sites for hydroxylation is 1. The molecule has 0 saturated carbocycles. The lowest BCUT2D eigenvalue weighted by Crippen LogP contribution is -2.07. The third-order valence-electron chi connectivity index (χ3n) is 3.12. The molecular weight excluding hydrogens is 299 g/mol. The first-order valence-corrected chi connectivity index (χ1v) is 6.69. The van der Waals surface area contributed by atoms with Gasteiger partial charge in [0.05, 0.1) is 5.56 Å². The highest BCUT2D eigenvalue weighted by molar-refractivity contribution is 5.73. The molecule has 116 valence electrons. The average Bonchev–Trinajstić information content (AvgIpc) is 3.04. The molecule has 0 bridgehead atoms. The fraction of sp³-hybridized carbons (Fsp3) is 0.385. The normalized spacial score (nSPS) is 12.2. The number of tetrazole rings is 1. The Bertz CT molecular complexity index is 792. The molecule has 0 aliphatic carbocycles. The van der Waals surface area contributed by atoms with E-state index in [0.717, 1.165) is 18.6 Å². The van der Waals surface area contributed by atoms with Crippen LogP contribution in [0.1, 0.15) is 30.6 Å². The van der Waals surface area contributed by atoms with Crippen molar-refractivity contribution in [1.29, 1.82) is 0 Å². The maximum atomic E-state index is 12.7. The number of nitrogens with zero attached hydrogens (tertiary/aromatic N) is 5. The molecule has 0 saturated heterocycles. The van der Waals surface area contributed by atoms with E-state index in [-0.39, 0.29) is 18.0 Å². The standard InChI is InChI=1S/C13H12F3N5O/c1-2-3-11-18-19-20-21(11)7-12-17-9-6-8(13(14,15)16)4-5-10(9)22-12/h4-6H,2-3,7H2,1H3. The van der Waals surface area contributed by atoms with Crippen LogP contribution in [-0.2, 0) is 19.1 Å². The molecule has 22 heavy (non-hydrogen) atoms. The van der Waals surface area contributed by atoms with Crippen LogP contribution >= 0.6 is 0 Å². The highest BCUT2D eigenvalue weighted by Crippen LogP contribution is 2.31. The predicted octanol–water partition coefficient (Wildman–Crippen LogP) is 2.83. The number of oxazole rings is 1. The van der Waals surface area contributed by atoms with Gasteiger partial charge in [-0.1, -0.05) is 6.92 Å². The molecule has 0 aliphatic rings. The Morgan fingerprint density at radius 1 is 1.27 bits per heavy atom. The van der Waals surface area contributed by atoms with E-state index in [2.05, 4.69) is 20.5 Å². The number of rotatable bonds is 4. The van der Waals surface area contributed by atoms with Gasteiger partial charge in [-0.2, -0.15) is 13.2 Å². The molecule has 0 radical (unpaired) electrons. The first-order valence-electron chi connectivity index (χ1n) is 6.69. The summed E-state index contributed by atoms with van der Waals surface area (Å²) in [5.41, 5.74) is -0.294. The fourth-order valence-corrected chi connectivity index (χ4v) is 2.10. The third kappa shape index (κ3) is 2.78. The maximum Gasteiger partial charge on any atom is 0.416 e. The van der Waals surface area contributed by atoms with Gasteiger partial charge in [-0.3, -0.25) is 0 Å². The van der Waals surface area contributed by atoms with E-state index < -0.39 is 11.7 Å². The van der Waals surface area contributed by atoms with Crippen molar-refractivity contribution in [2.24, 2.45) is 0 Å². The van der Waals surface area contributed by atoms with E-state index in [0.29, 0.717) is 17.8 Å². The minimum atomic E-state index is -4.41. The molecule has 3 rings (SSSR count). The molecule has 0 amide bonds. The Kier molecular flexibility index (Phi) is 3.55. The first kappa shape index (κ1) is 14.5. The van der Waals surface area contributed by atoms with Gasteiger partial charge in [-0.05, 0) is 35.0 Å². The zero-order chi connectivity index (χ0) is 15.7. The Balaban J connectivity index is 1.90. The van der Waals surface area contributed by atoms with Gasteiger partial charge >= 0.3 is 6.18 Å². The van der Waals surface area contributed by atoms with Gasteiger partial charge in [0.15, 0.2) is 11.4 Å². The van der Waals surface area contributed by atoms with Crippen molar-refractivity contribution in [3.05, 3.63) is 35.5 Å². The summed E-state index contributed by atoms with van der Waals surface area (Å²) in [7, 11) is 0. The van der Waals surface area contributed by atoms with Crippen LogP contribution < -0.4 is 0 Å². The number of alkyl halides is 3. The fourth-order valence-electron chi connectivity index (χ4n) is 2.10. The highest BCUT2D eigenvalue weighted by Gasteiger charge is 2.31. The summed E-state index contributed by atoms with van der Waals surface area (Å²) in [4.78, 5) is 4.08. The molecule has 6 nitrogen and oxygen atoms in total. The van der Waals surface area contributed by atoms with Crippen LogP contribution in [0, 0.1) is 0 Å². The van der Waals surface area contributed by atoms with Crippen molar-refractivity contribution in [1.82, 2.24) is 25.2 Å². The van der Waals surface area contributed by atoms with Crippen LogP contribution in [0.2, 0.25) is 0 Å². The zero-order valence-electron chi connectivity index (χ0n) is 11.6. The zero-order valence-corrected chi connectivity index (χ0v) is 11.6. The number of fused-ring (bicyclic) bond motifs is 1. The van der Waals surface area contributed by atoms with Crippen LogP contribution in [0.3, 0.4) is 0 Å². The second-order valence-corrected chi connectivity index (χ2v) is 4.79. The molecule has 0 N–H and O–H groups in total. The Labute approximate surface area is 122 Å². The minimum absolute atomic E-state index is 0.162. The largest absolute Gasteiger partial charge is 0.439 e. The maximum absolute atomic E-state index is 12.7. The molecule has 0 atom stereocenters. The molecule has 0 spiro atoms. The van der Waals surface area contributed by atoms with E-state index in [4.69, 9.17) is 4.42 Å². The smallest absolute Gasteiger partial charge is 0.416 e. The predicted molar refractivity (Wildman–Crippen MR) is 69.9 cm³/mol. The van der Waals surface area contributed by atoms with Gasteiger partial charge in [0.1, 0.15) is 12.1 Å². The summed E-state index contributed by atoms with van der Waals surface area (Å²) < 4.78 is 45.0. The lowest BCUT2D eigenvalue weighted by molar-refractivity contribution is -0.137. The van der Waals surface area contributed by atoms with Crippen LogP contribution in [0.25, 0.3) is 11.1 Å². The number of hydrogen-bond donors (Lipinski definition) is 0. The number of benzene rings is 1. The van der Waals surface area contributed by atoms with Gasteiger partial charge in [-0.25, -0.2) is 9.67 Å². The SMILES string of the molecule is CCCc1nnnn1Cc1nc2cc(C(F)(F)F)ccc2o1. The van der Waals surface area contributed by atoms with Gasteiger partial charge < -0.3 is 4.42 Å². The summed E-state index contributed by atoms with van der Waals surface area (Å²) in [5.74, 6) is 0.944. The number of aromatic nitrogens is 5. The second kappa shape index (κ2) is 5.39. The van der Waals surface area contributed by atoms with Crippen molar-refractivity contribution in [2.45, 2.75) is 32.5 Å². The Hall–Kier alpha value is -2.45. The average molecular weight is 311 g/mol. The summed E-state index contributed by atoms with van der Waals surface area (Å²) >= 11 is 0. The van der Waals surface area contributed by atoms with Crippen LogP contribution in [-0.4, -0.2) is 25.2 Å². The first-order chi connectivity index (χ1) is 10.5. The highest BCUT2D eigenvalue weighted by atomic mass is 19.4. The third-order valence-corrected chi connectivity index (χ3v) is 3.12. The summed E-state index contributed by atoms with van der Waals surface area (Å²) in [6.07, 6.45) is -2.83. The van der Waals surface area contributed by atoms with E-state index in [1.165, 1.54) is 10.7 Å². The van der Waals surface area contributed by atoms with Gasteiger partial charge in [0, 0.05) is 6.42 Å². The monoisotopic (exact) mass is 311 g/mol. The molecule has 0 aliphatic heterocycles. The lowest BCUT2D eigenvalue weighted by atomic mass is 10.2. The van der Waals surface area contributed by atoms with Gasteiger partial charge in [-0.15, -0.1) is 5.10 Å². The molecule has 2 aromatic heterocycles. The molecule has 2 heterocycles. The number of halogens is 3. The van der Waals surface area contributed by atoms with Crippen molar-refractivity contribution < 1.29 is 17.6 Å². The molecule has 9 heteroatoms. The number of hydrogen-bond acceptors (Lipinski definition) is 5. The van der Waals surface area contributed by atoms with Gasteiger partial charge in [0.2, 0.25) is 5.89 Å². The van der Waals surface area contributed by atoms with Gasteiger partial charge in [0.25, 0.3) is 0 Å². The summed E-state index contributed by atoms with van der Waals surface area (Å²) in [6, 6.07) is 3.20. The summed E-state index contributed by atoms with van der Waals surface area (Å²) in [6.45, 7) is 2.18. The van der Waals surface area contributed by atoms with E-state index >= 15 is 0 Å². The van der Waals surface area contributed by atoms with E-state index in [9.17, 15) is 13.2 Å². The Morgan fingerprint density at radius 2 is 2.09 bits per heavy atom.